The van der Waals surface area contributed by atoms with Crippen LogP contribution in [0.25, 0.3) is 0 Å². The zero-order valence-electron chi connectivity index (χ0n) is 10.1. The van der Waals surface area contributed by atoms with Crippen molar-refractivity contribution in [1.29, 1.82) is 0 Å². The van der Waals surface area contributed by atoms with Gasteiger partial charge in [0, 0.05) is 12.4 Å². The highest BCUT2D eigenvalue weighted by Crippen LogP contribution is 2.40. The fraction of sp³-hybridized carbons (Fsp3) is 0.667. The van der Waals surface area contributed by atoms with Crippen molar-refractivity contribution in [3.63, 3.8) is 0 Å². The number of hydrogen-bond acceptors (Lipinski definition) is 3. The Kier molecular flexibility index (Phi) is 3.47. The van der Waals surface area contributed by atoms with Gasteiger partial charge in [0.1, 0.15) is 5.54 Å². The lowest BCUT2D eigenvalue weighted by Crippen LogP contribution is -2.57. The second kappa shape index (κ2) is 4.87. The van der Waals surface area contributed by atoms with Gasteiger partial charge in [-0.2, -0.15) is 5.10 Å². The molecule has 0 spiro atoms. The number of nitrogens with zero attached hydrogens (tertiary/aromatic N) is 2. The van der Waals surface area contributed by atoms with Gasteiger partial charge in [-0.05, 0) is 37.8 Å². The maximum absolute atomic E-state index is 11.6. The van der Waals surface area contributed by atoms with Crippen LogP contribution >= 0.6 is 0 Å². The molecule has 0 radical (unpaired) electrons. The molecule has 1 atom stereocenters. The van der Waals surface area contributed by atoms with E-state index in [2.05, 4.69) is 10.4 Å². The Morgan fingerprint density at radius 3 is 2.88 bits per heavy atom. The van der Waals surface area contributed by atoms with Gasteiger partial charge in [-0.1, -0.05) is 6.92 Å². The Bertz CT molecular complexity index is 373. The summed E-state index contributed by atoms with van der Waals surface area (Å²) >= 11 is 0. The second-order valence-corrected chi connectivity index (χ2v) is 4.68. The molecule has 0 aliphatic heterocycles. The Labute approximate surface area is 101 Å². The van der Waals surface area contributed by atoms with Crippen LogP contribution in [0.3, 0.4) is 0 Å². The maximum Gasteiger partial charge on any atom is 0.326 e. The van der Waals surface area contributed by atoms with Crippen LogP contribution in [-0.2, 0) is 11.3 Å². The first kappa shape index (κ1) is 12.1. The van der Waals surface area contributed by atoms with Crippen molar-refractivity contribution in [3.8, 4) is 0 Å². The Balaban J connectivity index is 2.17. The lowest BCUT2D eigenvalue weighted by atomic mass is 9.93. The maximum atomic E-state index is 11.6. The van der Waals surface area contributed by atoms with Crippen molar-refractivity contribution in [2.24, 2.45) is 5.92 Å². The summed E-state index contributed by atoms with van der Waals surface area (Å²) in [5, 5.41) is 16.9. The number of carboxylic acid groups (broad SMARTS) is 1. The largest absolute Gasteiger partial charge is 0.480 e. The lowest BCUT2D eigenvalue weighted by Gasteiger charge is -2.30. The van der Waals surface area contributed by atoms with E-state index >= 15 is 0 Å². The van der Waals surface area contributed by atoms with Crippen LogP contribution < -0.4 is 5.32 Å². The number of carboxylic acids is 1. The molecule has 0 amide bonds. The molecule has 94 valence electrons. The highest BCUT2D eigenvalue weighted by molar-refractivity contribution is 5.79. The van der Waals surface area contributed by atoms with Gasteiger partial charge >= 0.3 is 5.97 Å². The number of aliphatic carboxylic acids is 1. The molecule has 17 heavy (non-hydrogen) atoms. The topological polar surface area (TPSA) is 67.2 Å². The molecule has 0 aromatic carbocycles. The third-order valence-corrected chi connectivity index (χ3v) is 3.32. The normalized spacial score (nSPS) is 18.9. The van der Waals surface area contributed by atoms with Crippen LogP contribution in [0.1, 0.15) is 26.2 Å². The van der Waals surface area contributed by atoms with Crippen molar-refractivity contribution in [3.05, 3.63) is 18.5 Å². The van der Waals surface area contributed by atoms with E-state index in [9.17, 15) is 9.90 Å². The molecule has 5 nitrogen and oxygen atoms in total. The molecule has 0 saturated heterocycles. The molecule has 1 saturated carbocycles. The Hall–Kier alpha value is -1.36. The predicted octanol–water partition coefficient (Wildman–Crippen LogP) is 1.12. The standard InChI is InChI=1S/C12H19N3O2/c1-2-6-13-12(11(16)17,10-4-5-10)9-15-8-3-7-14-15/h3,7-8,10,13H,2,4-6,9H2,1H3,(H,16,17). The molecular weight excluding hydrogens is 218 g/mol. The summed E-state index contributed by atoms with van der Waals surface area (Å²) in [6.45, 7) is 3.17. The van der Waals surface area contributed by atoms with E-state index in [1.165, 1.54) is 0 Å². The summed E-state index contributed by atoms with van der Waals surface area (Å²) in [6, 6.07) is 1.82. The van der Waals surface area contributed by atoms with E-state index < -0.39 is 11.5 Å². The number of hydrogen-bond donors (Lipinski definition) is 2. The third-order valence-electron chi connectivity index (χ3n) is 3.32. The van der Waals surface area contributed by atoms with Gasteiger partial charge in [0.25, 0.3) is 0 Å². The van der Waals surface area contributed by atoms with Crippen LogP contribution in [-0.4, -0.2) is 32.9 Å². The van der Waals surface area contributed by atoms with Gasteiger partial charge in [0.05, 0.1) is 6.54 Å². The van der Waals surface area contributed by atoms with Crippen molar-refractivity contribution >= 4 is 5.97 Å². The number of rotatable bonds is 7. The molecular formula is C12H19N3O2. The SMILES string of the molecule is CCCNC(Cn1cccn1)(C(=O)O)C1CC1. The Morgan fingerprint density at radius 1 is 1.65 bits per heavy atom. The minimum absolute atomic E-state index is 0.232. The first-order chi connectivity index (χ1) is 8.19. The van der Waals surface area contributed by atoms with Gasteiger partial charge in [-0.15, -0.1) is 0 Å². The Morgan fingerprint density at radius 2 is 2.41 bits per heavy atom. The molecule has 1 heterocycles. The van der Waals surface area contributed by atoms with E-state index in [0.717, 1.165) is 25.8 Å². The van der Waals surface area contributed by atoms with Crippen LogP contribution in [0.15, 0.2) is 18.5 Å². The van der Waals surface area contributed by atoms with Crippen molar-refractivity contribution in [1.82, 2.24) is 15.1 Å². The molecule has 2 N–H and O–H groups in total. The predicted molar refractivity (Wildman–Crippen MR) is 63.6 cm³/mol. The van der Waals surface area contributed by atoms with Crippen LogP contribution in [0, 0.1) is 5.92 Å². The van der Waals surface area contributed by atoms with Crippen molar-refractivity contribution in [2.45, 2.75) is 38.3 Å². The van der Waals surface area contributed by atoms with E-state index in [0.29, 0.717) is 6.54 Å². The van der Waals surface area contributed by atoms with Crippen molar-refractivity contribution in [2.75, 3.05) is 6.54 Å². The van der Waals surface area contributed by atoms with Crippen molar-refractivity contribution < 1.29 is 9.90 Å². The minimum atomic E-state index is -0.845. The average molecular weight is 237 g/mol. The molecule has 1 aliphatic rings. The molecule has 5 heteroatoms. The highest BCUT2D eigenvalue weighted by atomic mass is 16.4. The summed E-state index contributed by atoms with van der Waals surface area (Å²) in [6.07, 6.45) is 6.41. The molecule has 1 fully saturated rings. The smallest absolute Gasteiger partial charge is 0.326 e. The summed E-state index contributed by atoms with van der Waals surface area (Å²) in [4.78, 5) is 11.6. The van der Waals surface area contributed by atoms with Gasteiger partial charge in [-0.25, -0.2) is 0 Å². The number of nitrogens with one attached hydrogen (secondary N) is 1. The molecule has 1 aromatic rings. The number of aromatic nitrogens is 2. The number of carbonyl (C=O) groups is 1. The van der Waals surface area contributed by atoms with E-state index in [1.54, 1.807) is 10.9 Å². The first-order valence-electron chi connectivity index (χ1n) is 6.15. The minimum Gasteiger partial charge on any atom is -0.480 e. The first-order valence-corrected chi connectivity index (χ1v) is 6.15. The van der Waals surface area contributed by atoms with Crippen LogP contribution in [0.4, 0.5) is 0 Å². The van der Waals surface area contributed by atoms with E-state index in [4.69, 9.17) is 0 Å². The average Bonchev–Trinajstić information content (AvgIpc) is 3.04. The third kappa shape index (κ3) is 2.49. The van der Waals surface area contributed by atoms with E-state index in [-0.39, 0.29) is 5.92 Å². The summed E-state index contributed by atoms with van der Waals surface area (Å²) in [5.74, 6) is -0.528. The lowest BCUT2D eigenvalue weighted by molar-refractivity contribution is -0.146. The fourth-order valence-corrected chi connectivity index (χ4v) is 2.22. The quantitative estimate of drug-likeness (QED) is 0.745. The summed E-state index contributed by atoms with van der Waals surface area (Å²) in [5.41, 5.74) is -0.845. The highest BCUT2D eigenvalue weighted by Gasteiger charge is 2.51. The molecule has 0 bridgehead atoms. The van der Waals surface area contributed by atoms with Gasteiger partial charge < -0.3 is 10.4 Å². The summed E-state index contributed by atoms with van der Waals surface area (Å²) < 4.78 is 1.70. The zero-order chi connectivity index (χ0) is 12.3. The monoisotopic (exact) mass is 237 g/mol. The molecule has 2 rings (SSSR count). The van der Waals surface area contributed by atoms with Crippen LogP contribution in [0.2, 0.25) is 0 Å². The zero-order valence-corrected chi connectivity index (χ0v) is 10.1. The second-order valence-electron chi connectivity index (χ2n) is 4.68. The van der Waals surface area contributed by atoms with Gasteiger partial charge in [0.2, 0.25) is 0 Å². The molecule has 1 aromatic heterocycles. The van der Waals surface area contributed by atoms with Gasteiger partial charge in [0.15, 0.2) is 0 Å². The van der Waals surface area contributed by atoms with Gasteiger partial charge in [-0.3, -0.25) is 9.48 Å². The fourth-order valence-electron chi connectivity index (χ4n) is 2.22. The summed E-state index contributed by atoms with van der Waals surface area (Å²) in [7, 11) is 0. The van der Waals surface area contributed by atoms with Crippen LogP contribution in [0.5, 0.6) is 0 Å². The molecule has 1 unspecified atom stereocenters. The molecule has 1 aliphatic carbocycles. The van der Waals surface area contributed by atoms with E-state index in [1.807, 2.05) is 19.2 Å².